The van der Waals surface area contributed by atoms with E-state index in [0.717, 1.165) is 19.3 Å². The van der Waals surface area contributed by atoms with Crippen molar-refractivity contribution in [1.29, 1.82) is 5.26 Å². The molecule has 0 saturated carbocycles. The lowest BCUT2D eigenvalue weighted by Crippen LogP contribution is -2.37. The lowest BCUT2D eigenvalue weighted by atomic mass is 9.97. The molecule has 0 radical (unpaired) electrons. The maximum atomic E-state index is 13.3. The zero-order valence-electron chi connectivity index (χ0n) is 11.8. The maximum absolute atomic E-state index is 13.3. The van der Waals surface area contributed by atoms with Crippen molar-refractivity contribution in [2.24, 2.45) is 0 Å². The van der Waals surface area contributed by atoms with Gasteiger partial charge in [-0.05, 0) is 51.8 Å². The van der Waals surface area contributed by atoms with Crippen LogP contribution in [0, 0.1) is 24.1 Å². The summed E-state index contributed by atoms with van der Waals surface area (Å²) in [5.41, 5.74) is 0.141. The lowest BCUT2D eigenvalue weighted by molar-refractivity contribution is 0.296. The van der Waals surface area contributed by atoms with E-state index in [0.29, 0.717) is 17.9 Å². The van der Waals surface area contributed by atoms with Crippen molar-refractivity contribution < 1.29 is 9.13 Å². The normalized spacial score (nSPS) is 13.6. The SMILES string of the molecule is CNC(C)(C#N)CCCCOc1ccc(C)c(F)c1. The molecule has 4 heteroatoms. The number of nitrogens with zero attached hydrogens (tertiary/aromatic N) is 1. The average molecular weight is 264 g/mol. The number of halogens is 1. The van der Waals surface area contributed by atoms with Crippen LogP contribution in [0.25, 0.3) is 0 Å². The molecule has 1 unspecified atom stereocenters. The first-order chi connectivity index (χ1) is 9.00. The predicted octanol–water partition coefficient (Wildman–Crippen LogP) is 3.18. The topological polar surface area (TPSA) is 45.0 Å². The van der Waals surface area contributed by atoms with Crippen molar-refractivity contribution in [3.63, 3.8) is 0 Å². The Morgan fingerprint density at radius 2 is 2.16 bits per heavy atom. The van der Waals surface area contributed by atoms with Crippen molar-refractivity contribution in [3.05, 3.63) is 29.6 Å². The molecule has 0 aliphatic heterocycles. The second-order valence-electron chi connectivity index (χ2n) is 4.91. The molecule has 0 saturated heterocycles. The maximum Gasteiger partial charge on any atom is 0.129 e. The van der Waals surface area contributed by atoms with E-state index in [2.05, 4.69) is 11.4 Å². The molecule has 1 atom stereocenters. The van der Waals surface area contributed by atoms with Crippen LogP contribution in [0.1, 0.15) is 31.7 Å². The van der Waals surface area contributed by atoms with Crippen molar-refractivity contribution in [2.75, 3.05) is 13.7 Å². The van der Waals surface area contributed by atoms with Gasteiger partial charge in [0.2, 0.25) is 0 Å². The quantitative estimate of drug-likeness (QED) is 0.769. The van der Waals surface area contributed by atoms with E-state index in [9.17, 15) is 4.39 Å². The highest BCUT2D eigenvalue weighted by Crippen LogP contribution is 2.17. The predicted molar refractivity (Wildman–Crippen MR) is 73.6 cm³/mol. The van der Waals surface area contributed by atoms with E-state index in [1.165, 1.54) is 6.07 Å². The van der Waals surface area contributed by atoms with Crippen LogP contribution in [0.15, 0.2) is 18.2 Å². The van der Waals surface area contributed by atoms with Crippen molar-refractivity contribution >= 4 is 0 Å². The van der Waals surface area contributed by atoms with Crippen molar-refractivity contribution in [3.8, 4) is 11.8 Å². The van der Waals surface area contributed by atoms with Crippen molar-refractivity contribution in [1.82, 2.24) is 5.32 Å². The van der Waals surface area contributed by atoms with E-state index in [-0.39, 0.29) is 5.82 Å². The summed E-state index contributed by atoms with van der Waals surface area (Å²) in [6.45, 7) is 4.14. The molecule has 1 rings (SSSR count). The first kappa shape index (κ1) is 15.5. The van der Waals surface area contributed by atoms with Gasteiger partial charge in [0.15, 0.2) is 0 Å². The van der Waals surface area contributed by atoms with Gasteiger partial charge in [-0.1, -0.05) is 6.07 Å². The summed E-state index contributed by atoms with van der Waals surface area (Å²) in [6.07, 6.45) is 2.50. The Labute approximate surface area is 114 Å². The summed E-state index contributed by atoms with van der Waals surface area (Å²) < 4.78 is 18.8. The number of unbranched alkanes of at least 4 members (excludes halogenated alkanes) is 1. The Hall–Kier alpha value is -1.60. The van der Waals surface area contributed by atoms with Crippen LogP contribution in [0.4, 0.5) is 4.39 Å². The Kier molecular flexibility index (Phi) is 5.78. The van der Waals surface area contributed by atoms with Crippen molar-refractivity contribution in [2.45, 2.75) is 38.6 Å². The summed E-state index contributed by atoms with van der Waals surface area (Å²) in [5, 5.41) is 12.0. The van der Waals surface area contributed by atoms with Gasteiger partial charge in [-0.15, -0.1) is 0 Å². The van der Waals surface area contributed by atoms with Crippen LogP contribution in [-0.4, -0.2) is 19.2 Å². The number of hydrogen-bond donors (Lipinski definition) is 1. The Morgan fingerprint density at radius 1 is 1.42 bits per heavy atom. The highest BCUT2D eigenvalue weighted by molar-refractivity contribution is 5.27. The van der Waals surface area contributed by atoms with Crippen LogP contribution in [-0.2, 0) is 0 Å². The minimum absolute atomic E-state index is 0.246. The third kappa shape index (κ3) is 4.88. The molecule has 0 fully saturated rings. The first-order valence-electron chi connectivity index (χ1n) is 6.50. The van der Waals surface area contributed by atoms with Gasteiger partial charge in [-0.3, -0.25) is 0 Å². The van der Waals surface area contributed by atoms with Gasteiger partial charge in [-0.2, -0.15) is 5.26 Å². The van der Waals surface area contributed by atoms with E-state index < -0.39 is 5.54 Å². The number of rotatable bonds is 7. The van der Waals surface area contributed by atoms with Gasteiger partial charge in [0.1, 0.15) is 17.1 Å². The fourth-order valence-corrected chi connectivity index (χ4v) is 1.67. The fourth-order valence-electron chi connectivity index (χ4n) is 1.67. The molecule has 1 N–H and O–H groups in total. The van der Waals surface area contributed by atoms with Crippen LogP contribution < -0.4 is 10.1 Å². The monoisotopic (exact) mass is 264 g/mol. The molecular weight excluding hydrogens is 243 g/mol. The molecule has 0 aliphatic rings. The number of nitrogens with one attached hydrogen (secondary N) is 1. The summed E-state index contributed by atoms with van der Waals surface area (Å²) in [6, 6.07) is 7.13. The molecule has 104 valence electrons. The van der Waals surface area contributed by atoms with Crippen LogP contribution in [0.2, 0.25) is 0 Å². The largest absolute Gasteiger partial charge is 0.493 e. The zero-order chi connectivity index (χ0) is 14.3. The third-order valence-corrected chi connectivity index (χ3v) is 3.28. The Morgan fingerprint density at radius 3 is 2.74 bits per heavy atom. The summed E-state index contributed by atoms with van der Waals surface area (Å²) in [7, 11) is 1.79. The summed E-state index contributed by atoms with van der Waals surface area (Å²) in [5.74, 6) is 0.310. The van der Waals surface area contributed by atoms with E-state index in [1.54, 1.807) is 26.1 Å². The summed E-state index contributed by atoms with van der Waals surface area (Å²) in [4.78, 5) is 0. The number of nitriles is 1. The highest BCUT2D eigenvalue weighted by Gasteiger charge is 2.19. The first-order valence-corrected chi connectivity index (χ1v) is 6.50. The van der Waals surface area contributed by atoms with Gasteiger partial charge < -0.3 is 10.1 Å². The minimum atomic E-state index is -0.476. The van der Waals surface area contributed by atoms with Gasteiger partial charge >= 0.3 is 0 Å². The van der Waals surface area contributed by atoms with Gasteiger partial charge in [-0.25, -0.2) is 4.39 Å². The molecule has 3 nitrogen and oxygen atoms in total. The molecule has 0 amide bonds. The van der Waals surface area contributed by atoms with Crippen LogP contribution in [0.3, 0.4) is 0 Å². The molecule has 1 aromatic carbocycles. The lowest BCUT2D eigenvalue weighted by Gasteiger charge is -2.20. The number of aryl methyl sites for hydroxylation is 1. The number of benzene rings is 1. The van der Waals surface area contributed by atoms with E-state index in [4.69, 9.17) is 10.00 Å². The smallest absolute Gasteiger partial charge is 0.129 e. The molecular formula is C15H21FN2O. The van der Waals surface area contributed by atoms with E-state index >= 15 is 0 Å². The fraction of sp³-hybridized carbons (Fsp3) is 0.533. The molecule has 0 aliphatic carbocycles. The Bertz CT molecular complexity index is 456. The second-order valence-corrected chi connectivity index (χ2v) is 4.91. The summed E-state index contributed by atoms with van der Waals surface area (Å²) >= 11 is 0. The standard InChI is InChI=1S/C15H21FN2O/c1-12-6-7-13(10-14(12)16)19-9-5-4-8-15(2,11-17)18-3/h6-7,10,18H,4-5,8-9H2,1-3H3. The zero-order valence-corrected chi connectivity index (χ0v) is 11.8. The number of ether oxygens (including phenoxy) is 1. The highest BCUT2D eigenvalue weighted by atomic mass is 19.1. The molecule has 19 heavy (non-hydrogen) atoms. The van der Waals surface area contributed by atoms with Gasteiger partial charge in [0.25, 0.3) is 0 Å². The number of hydrogen-bond acceptors (Lipinski definition) is 3. The molecule has 1 aromatic rings. The molecule has 0 bridgehead atoms. The average Bonchev–Trinajstić information content (AvgIpc) is 2.42. The molecule has 0 aromatic heterocycles. The van der Waals surface area contributed by atoms with Crippen LogP contribution in [0.5, 0.6) is 5.75 Å². The van der Waals surface area contributed by atoms with E-state index in [1.807, 2.05) is 6.92 Å². The van der Waals surface area contributed by atoms with Crippen LogP contribution >= 0.6 is 0 Å². The minimum Gasteiger partial charge on any atom is -0.493 e. The second kappa shape index (κ2) is 7.10. The molecule has 0 heterocycles. The Balaban J connectivity index is 2.28. The van der Waals surface area contributed by atoms with Gasteiger partial charge in [0, 0.05) is 6.07 Å². The third-order valence-electron chi connectivity index (χ3n) is 3.28. The van der Waals surface area contributed by atoms with Gasteiger partial charge in [0.05, 0.1) is 12.7 Å². The molecule has 0 spiro atoms.